The monoisotopic (exact) mass is 868 g/mol. The number of nitrogens with zero attached hydrogens (tertiary/aromatic N) is 1. The van der Waals surface area contributed by atoms with Gasteiger partial charge in [-0.2, -0.15) is 0 Å². The Morgan fingerprint density at radius 1 is 0.492 bits per heavy atom. The van der Waals surface area contributed by atoms with Crippen molar-refractivity contribution in [2.24, 2.45) is 5.92 Å². The number of aliphatic hydroxyl groups excluding tert-OH is 2. The zero-order valence-electron chi connectivity index (χ0n) is 40.6. The lowest BCUT2D eigenvalue weighted by atomic mass is 9.89. The molecule has 0 saturated carbocycles. The van der Waals surface area contributed by atoms with Crippen LogP contribution in [0.3, 0.4) is 0 Å². The van der Waals surface area contributed by atoms with Gasteiger partial charge in [0.15, 0.2) is 0 Å². The number of hydrogen-bond donors (Lipinski definition) is 5. The van der Waals surface area contributed by atoms with Crippen LogP contribution in [0.15, 0.2) is 9.59 Å². The lowest BCUT2D eigenvalue weighted by Gasteiger charge is -2.22. The normalized spacial score (nSPS) is 10.8. The van der Waals surface area contributed by atoms with Gasteiger partial charge >= 0.3 is 0 Å². The molecule has 0 spiro atoms. The molecule has 0 amide bonds. The van der Waals surface area contributed by atoms with Crippen molar-refractivity contribution in [2.75, 3.05) is 57.1 Å². The maximum absolute atomic E-state index is 11.7. The molecule has 0 unspecified atom stereocenters. The van der Waals surface area contributed by atoms with Crippen LogP contribution in [0.2, 0.25) is 0 Å². The first-order chi connectivity index (χ1) is 29.9. The van der Waals surface area contributed by atoms with Crippen LogP contribution in [0.4, 0.5) is 11.4 Å². The Kier molecular flexibility index (Phi) is 55.6. The molecule has 0 aliphatic carbocycles. The molecule has 1 aromatic rings. The lowest BCUT2D eigenvalue weighted by molar-refractivity contribution is -0.122. The molecule has 0 fully saturated rings. The van der Waals surface area contributed by atoms with Gasteiger partial charge in [0.2, 0.25) is 0 Å². The van der Waals surface area contributed by atoms with E-state index in [-0.39, 0.29) is 6.47 Å². The van der Waals surface area contributed by atoms with Crippen molar-refractivity contribution < 1.29 is 24.9 Å². The summed E-state index contributed by atoms with van der Waals surface area (Å²) < 4.78 is 0. The Bertz CT molecular complexity index is 1040. The molecule has 0 aromatic heterocycles. The van der Waals surface area contributed by atoms with Gasteiger partial charge in [0, 0.05) is 26.8 Å². The van der Waals surface area contributed by atoms with Gasteiger partial charge in [-0.25, -0.2) is 0 Å². The van der Waals surface area contributed by atoms with Crippen LogP contribution in [0.25, 0.3) is 0 Å². The van der Waals surface area contributed by atoms with Gasteiger partial charge in [0.1, 0.15) is 18.2 Å². The Hall–Kier alpha value is -2.30. The largest absolute Gasteiger partial charge is 0.483 e. The number of carbonyl (C=O) groups is 2. The predicted molar refractivity (Wildman–Crippen MR) is 263 cm³/mol. The highest BCUT2D eigenvalue weighted by molar-refractivity contribution is 5.73. The van der Waals surface area contributed by atoms with E-state index in [0.29, 0.717) is 24.6 Å². The predicted octanol–water partition coefficient (Wildman–Crippen LogP) is 12.5. The van der Waals surface area contributed by atoms with Gasteiger partial charge in [-0.1, -0.05) is 201 Å². The van der Waals surface area contributed by atoms with E-state index in [1.807, 2.05) is 6.79 Å². The smallest absolute Gasteiger partial charge is 0.290 e. The summed E-state index contributed by atoms with van der Waals surface area (Å²) >= 11 is 0. The van der Waals surface area contributed by atoms with E-state index >= 15 is 0 Å². The van der Waals surface area contributed by atoms with E-state index in [1.165, 1.54) is 193 Å². The second kappa shape index (κ2) is 53.8. The number of hydrogen-bond acceptors (Lipinski definition) is 9. The summed E-state index contributed by atoms with van der Waals surface area (Å²) in [6.45, 7) is 13.5. The van der Waals surface area contributed by atoms with E-state index in [4.69, 9.17) is 24.9 Å². The van der Waals surface area contributed by atoms with Crippen LogP contribution in [0.5, 0.6) is 0 Å². The highest BCUT2D eigenvalue weighted by Gasteiger charge is 2.18. The highest BCUT2D eigenvalue weighted by atomic mass is 16.3. The van der Waals surface area contributed by atoms with Gasteiger partial charge in [-0.3, -0.25) is 14.4 Å². The van der Waals surface area contributed by atoms with Crippen LogP contribution < -0.4 is 21.5 Å². The molecule has 10 heteroatoms. The van der Waals surface area contributed by atoms with E-state index in [2.05, 4.69) is 36.3 Å². The summed E-state index contributed by atoms with van der Waals surface area (Å²) in [5.74, 6) is 0.965. The van der Waals surface area contributed by atoms with Crippen molar-refractivity contribution >= 4 is 24.6 Å². The number of anilines is 2. The Labute approximate surface area is 375 Å². The first-order valence-corrected chi connectivity index (χ1v) is 25.5. The second-order valence-corrected chi connectivity index (χ2v) is 17.1. The topological polar surface area (TPSA) is 156 Å². The number of rotatable bonds is 43. The molecule has 0 radical (unpaired) electrons. The average Bonchev–Trinajstić information content (AvgIpc) is 3.27. The third kappa shape index (κ3) is 42.8. The first kappa shape index (κ1) is 63.0. The minimum absolute atomic E-state index is 0.250. The van der Waals surface area contributed by atoms with Crippen molar-refractivity contribution in [1.29, 1.82) is 0 Å². The summed E-state index contributed by atoms with van der Waals surface area (Å²) in [7, 11) is 1.69. The van der Waals surface area contributed by atoms with E-state index in [0.717, 1.165) is 57.7 Å². The van der Waals surface area contributed by atoms with Crippen LogP contribution in [-0.2, 0) is 9.59 Å². The van der Waals surface area contributed by atoms with Crippen molar-refractivity contribution in [2.45, 2.75) is 239 Å². The van der Waals surface area contributed by atoms with Crippen LogP contribution in [-0.4, -0.2) is 79.9 Å². The Morgan fingerprint density at radius 2 is 0.787 bits per heavy atom. The maximum atomic E-state index is 11.7. The average molecular weight is 868 g/mol. The second-order valence-electron chi connectivity index (χ2n) is 17.1. The minimum atomic E-state index is -0.407. The molecule has 5 N–H and O–H groups in total. The molecule has 10 nitrogen and oxygen atoms in total. The van der Waals surface area contributed by atoms with Gasteiger partial charge in [0.25, 0.3) is 17.3 Å². The van der Waals surface area contributed by atoms with E-state index < -0.39 is 10.9 Å². The number of carbonyl (C=O) groups excluding carboxylic acids is 1. The van der Waals surface area contributed by atoms with Crippen molar-refractivity contribution in [3.05, 3.63) is 20.4 Å². The zero-order chi connectivity index (χ0) is 45.9. The van der Waals surface area contributed by atoms with Crippen molar-refractivity contribution in [3.63, 3.8) is 0 Å². The van der Waals surface area contributed by atoms with Gasteiger partial charge in [-0.15, -0.1) is 0 Å². The van der Waals surface area contributed by atoms with E-state index in [1.54, 1.807) is 7.05 Å². The van der Waals surface area contributed by atoms with Crippen LogP contribution in [0, 0.1) is 5.92 Å². The molecule has 61 heavy (non-hydrogen) atoms. The molecular formula is C51H101N3O7. The number of carboxylic acid groups (broad SMARTS) is 1. The van der Waals surface area contributed by atoms with Crippen LogP contribution in [0.1, 0.15) is 239 Å². The molecule has 0 bridgehead atoms. The fraction of sp³-hybridized carbons (Fsp3) is 0.882. The standard InChI is InChI=1S/C40H77N3O3.C9H20O.CH2O2.CH2O/c1-4-6-8-10-13-20-28-36(29-21-14-11-9-7-5-2)30-22-15-12-16-24-32-43(33-25-17-18-27-35-44)34-26-19-23-31-42-38-37(41-3)39(45)40(38)46;1-2-3-4-5-6-7-8-9-10;2-1-3;1-2/h36,41-42,44H,4-35H2,1-3H3;10H,2-9H2,1H3;1H,(H,2,3);1H2. The van der Waals surface area contributed by atoms with Crippen LogP contribution >= 0.6 is 0 Å². The number of aliphatic hydroxyl groups is 2. The Balaban J connectivity index is -0.00000191. The summed E-state index contributed by atoms with van der Waals surface area (Å²) in [4.78, 5) is 42.3. The molecule has 0 saturated heterocycles. The quantitative estimate of drug-likeness (QED) is 0.0243. The summed E-state index contributed by atoms with van der Waals surface area (Å²) in [5, 5.41) is 30.4. The van der Waals surface area contributed by atoms with Gasteiger partial charge < -0.3 is 35.6 Å². The fourth-order valence-electron chi connectivity index (χ4n) is 8.01. The molecule has 362 valence electrons. The Morgan fingerprint density at radius 3 is 1.13 bits per heavy atom. The molecule has 1 rings (SSSR count). The number of nitrogens with one attached hydrogen (secondary N) is 2. The summed E-state index contributed by atoms with van der Waals surface area (Å²) in [5.41, 5.74) is 0.0929. The van der Waals surface area contributed by atoms with Crippen molar-refractivity contribution in [1.82, 2.24) is 4.90 Å². The molecule has 0 aliphatic heterocycles. The fourth-order valence-corrected chi connectivity index (χ4v) is 8.01. The highest BCUT2D eigenvalue weighted by Crippen LogP contribution is 2.25. The third-order valence-electron chi connectivity index (χ3n) is 11.8. The minimum Gasteiger partial charge on any atom is -0.483 e. The maximum Gasteiger partial charge on any atom is 0.290 e. The molecular weight excluding hydrogens is 767 g/mol. The molecule has 0 heterocycles. The molecule has 0 aliphatic rings. The SMILES string of the molecule is C=O.CCCCCCCCC(CCCCCCCC)CCCCCCCN(CCCCCCO)CCCCCNc1c(NC)c(=O)c1=O.CCCCCCCCCO.O=CO. The lowest BCUT2D eigenvalue weighted by Crippen LogP contribution is -2.36. The molecule has 1 aromatic carbocycles. The van der Waals surface area contributed by atoms with E-state index in [9.17, 15) is 9.59 Å². The van der Waals surface area contributed by atoms with Gasteiger partial charge in [0.05, 0.1) is 0 Å². The third-order valence-corrected chi connectivity index (χ3v) is 11.8. The first-order valence-electron chi connectivity index (χ1n) is 25.5. The summed E-state index contributed by atoms with van der Waals surface area (Å²) in [6.07, 6.45) is 45.0. The summed E-state index contributed by atoms with van der Waals surface area (Å²) in [6, 6.07) is 0. The number of unbranched alkanes of at least 4 members (excludes halogenated alkanes) is 25. The van der Waals surface area contributed by atoms with Crippen molar-refractivity contribution in [3.8, 4) is 0 Å². The molecule has 0 atom stereocenters. The van der Waals surface area contributed by atoms with Gasteiger partial charge in [-0.05, 0) is 64.1 Å². The zero-order valence-corrected chi connectivity index (χ0v) is 40.6.